The van der Waals surface area contributed by atoms with Crippen molar-refractivity contribution in [1.82, 2.24) is 15.2 Å². The van der Waals surface area contributed by atoms with Crippen molar-refractivity contribution in [3.05, 3.63) is 59.9 Å². The largest absolute Gasteiger partial charge is 0.347 e. The highest BCUT2D eigenvalue weighted by Gasteiger charge is 2.16. The zero-order valence-corrected chi connectivity index (χ0v) is 15.0. The molecule has 2 N–H and O–H groups in total. The van der Waals surface area contributed by atoms with Gasteiger partial charge in [0.05, 0.1) is 0 Å². The summed E-state index contributed by atoms with van der Waals surface area (Å²) in [4.78, 5) is 30.1. The van der Waals surface area contributed by atoms with E-state index in [1.807, 2.05) is 32.9 Å². The van der Waals surface area contributed by atoms with Crippen LogP contribution in [0.5, 0.6) is 0 Å². The lowest BCUT2D eigenvalue weighted by molar-refractivity contribution is 0.0919. The average Bonchev–Trinajstić information content (AvgIpc) is 2.54. The van der Waals surface area contributed by atoms with Gasteiger partial charge in [0, 0.05) is 42.8 Å². The topological polar surface area (TPSA) is 74.3 Å². The molecular formula is C19H24N4O2. The van der Waals surface area contributed by atoms with Gasteiger partial charge in [-0.15, -0.1) is 0 Å². The second-order valence-electron chi connectivity index (χ2n) is 6.93. The third-order valence-electron chi connectivity index (χ3n) is 3.38. The van der Waals surface area contributed by atoms with Crippen molar-refractivity contribution >= 4 is 17.6 Å². The molecule has 0 aliphatic rings. The molecule has 1 aromatic heterocycles. The zero-order valence-electron chi connectivity index (χ0n) is 15.0. The third-order valence-corrected chi connectivity index (χ3v) is 3.38. The van der Waals surface area contributed by atoms with E-state index < -0.39 is 0 Å². The molecule has 6 heteroatoms. The fourth-order valence-electron chi connectivity index (χ4n) is 2.20. The molecule has 0 radical (unpaired) electrons. The summed E-state index contributed by atoms with van der Waals surface area (Å²) in [5.74, 6) is -0.172. The van der Waals surface area contributed by atoms with E-state index in [0.717, 1.165) is 5.56 Å². The summed E-state index contributed by atoms with van der Waals surface area (Å²) >= 11 is 0. The smallest absolute Gasteiger partial charge is 0.321 e. The van der Waals surface area contributed by atoms with Crippen molar-refractivity contribution in [2.24, 2.45) is 0 Å². The van der Waals surface area contributed by atoms with Gasteiger partial charge in [-0.05, 0) is 56.7 Å². The summed E-state index contributed by atoms with van der Waals surface area (Å²) in [7, 11) is 1.71. The summed E-state index contributed by atoms with van der Waals surface area (Å²) in [6, 6.07) is 10.4. The van der Waals surface area contributed by atoms with Gasteiger partial charge in [-0.25, -0.2) is 4.79 Å². The number of benzene rings is 1. The normalized spacial score (nSPS) is 10.9. The molecule has 0 aliphatic heterocycles. The lowest BCUT2D eigenvalue weighted by Gasteiger charge is -2.21. The van der Waals surface area contributed by atoms with E-state index in [9.17, 15) is 9.59 Å². The van der Waals surface area contributed by atoms with Crippen LogP contribution in [0.3, 0.4) is 0 Å². The van der Waals surface area contributed by atoms with Crippen LogP contribution in [0, 0.1) is 0 Å². The molecule has 1 aromatic carbocycles. The van der Waals surface area contributed by atoms with Crippen LogP contribution in [0.15, 0.2) is 48.8 Å². The number of amides is 3. The molecule has 2 rings (SSSR count). The van der Waals surface area contributed by atoms with Crippen molar-refractivity contribution in [3.63, 3.8) is 0 Å². The number of aromatic nitrogens is 1. The molecule has 6 nitrogen and oxygen atoms in total. The van der Waals surface area contributed by atoms with Crippen LogP contribution in [0.25, 0.3) is 0 Å². The SMILES string of the molecule is CN(Cc1ccncc1)C(=O)Nc1cccc(C(=O)NC(C)(C)C)c1. The van der Waals surface area contributed by atoms with Gasteiger partial charge in [-0.1, -0.05) is 6.07 Å². The van der Waals surface area contributed by atoms with E-state index in [1.54, 1.807) is 48.6 Å². The van der Waals surface area contributed by atoms with Crippen LogP contribution < -0.4 is 10.6 Å². The van der Waals surface area contributed by atoms with E-state index in [0.29, 0.717) is 17.8 Å². The predicted molar refractivity (Wildman–Crippen MR) is 98.4 cm³/mol. The molecule has 0 spiro atoms. The predicted octanol–water partition coefficient (Wildman–Crippen LogP) is 3.27. The van der Waals surface area contributed by atoms with Gasteiger partial charge in [-0.2, -0.15) is 0 Å². The highest BCUT2D eigenvalue weighted by molar-refractivity contribution is 5.97. The Bertz CT molecular complexity index is 739. The monoisotopic (exact) mass is 340 g/mol. The van der Waals surface area contributed by atoms with Gasteiger partial charge in [0.25, 0.3) is 5.91 Å². The van der Waals surface area contributed by atoms with Gasteiger partial charge < -0.3 is 15.5 Å². The molecule has 0 saturated carbocycles. The number of carbonyl (C=O) groups is 2. The Hall–Kier alpha value is -2.89. The summed E-state index contributed by atoms with van der Waals surface area (Å²) < 4.78 is 0. The minimum absolute atomic E-state index is 0.172. The minimum Gasteiger partial charge on any atom is -0.347 e. The van der Waals surface area contributed by atoms with E-state index in [1.165, 1.54) is 0 Å². The highest BCUT2D eigenvalue weighted by atomic mass is 16.2. The van der Waals surface area contributed by atoms with Crippen molar-refractivity contribution in [2.45, 2.75) is 32.9 Å². The van der Waals surface area contributed by atoms with Crippen molar-refractivity contribution in [1.29, 1.82) is 0 Å². The van der Waals surface area contributed by atoms with Gasteiger partial charge in [0.15, 0.2) is 0 Å². The molecule has 0 fully saturated rings. The zero-order chi connectivity index (χ0) is 18.4. The number of nitrogens with one attached hydrogen (secondary N) is 2. The lowest BCUT2D eigenvalue weighted by atomic mass is 10.1. The average molecular weight is 340 g/mol. The standard InChI is InChI=1S/C19H24N4O2/c1-19(2,3)22-17(24)15-6-5-7-16(12-15)21-18(25)23(4)13-14-8-10-20-11-9-14/h5-12H,13H2,1-4H3,(H,21,25)(H,22,24). The van der Waals surface area contributed by atoms with Crippen molar-refractivity contribution in [2.75, 3.05) is 12.4 Å². The van der Waals surface area contributed by atoms with Crippen LogP contribution in [-0.2, 0) is 6.54 Å². The van der Waals surface area contributed by atoms with E-state index in [4.69, 9.17) is 0 Å². The second-order valence-corrected chi connectivity index (χ2v) is 6.93. The van der Waals surface area contributed by atoms with Crippen molar-refractivity contribution < 1.29 is 9.59 Å². The maximum Gasteiger partial charge on any atom is 0.321 e. The number of pyridine rings is 1. The van der Waals surface area contributed by atoms with Gasteiger partial charge in [0.1, 0.15) is 0 Å². The molecule has 0 aliphatic carbocycles. The summed E-state index contributed by atoms with van der Waals surface area (Å²) in [6.07, 6.45) is 3.39. The maximum atomic E-state index is 12.3. The molecule has 3 amide bonds. The number of hydrogen-bond donors (Lipinski definition) is 2. The Morgan fingerprint density at radius 2 is 1.80 bits per heavy atom. The number of rotatable bonds is 4. The second kappa shape index (κ2) is 7.79. The summed E-state index contributed by atoms with van der Waals surface area (Å²) in [6.45, 7) is 6.23. The number of carbonyl (C=O) groups excluding carboxylic acids is 2. The first-order valence-electron chi connectivity index (χ1n) is 8.08. The fraction of sp³-hybridized carbons (Fsp3) is 0.316. The van der Waals surface area contributed by atoms with Crippen LogP contribution in [0.4, 0.5) is 10.5 Å². The molecule has 1 heterocycles. The van der Waals surface area contributed by atoms with Crippen LogP contribution in [-0.4, -0.2) is 34.4 Å². The highest BCUT2D eigenvalue weighted by Crippen LogP contribution is 2.13. The molecule has 0 saturated heterocycles. The Labute approximate surface area is 148 Å². The number of nitrogens with zero attached hydrogens (tertiary/aromatic N) is 2. The first kappa shape index (κ1) is 18.4. The first-order chi connectivity index (χ1) is 11.7. The van der Waals surface area contributed by atoms with E-state index in [2.05, 4.69) is 15.6 Å². The Kier molecular flexibility index (Phi) is 5.75. The molecule has 0 unspecified atom stereocenters. The van der Waals surface area contributed by atoms with Crippen LogP contribution in [0.2, 0.25) is 0 Å². The van der Waals surface area contributed by atoms with Gasteiger partial charge >= 0.3 is 6.03 Å². The minimum atomic E-state index is -0.318. The van der Waals surface area contributed by atoms with Crippen molar-refractivity contribution in [3.8, 4) is 0 Å². The van der Waals surface area contributed by atoms with E-state index in [-0.39, 0.29) is 17.5 Å². The molecular weight excluding hydrogens is 316 g/mol. The summed E-state index contributed by atoms with van der Waals surface area (Å²) in [5.41, 5.74) is 1.75. The van der Waals surface area contributed by atoms with Gasteiger partial charge in [0.2, 0.25) is 0 Å². The Morgan fingerprint density at radius 3 is 2.44 bits per heavy atom. The van der Waals surface area contributed by atoms with Gasteiger partial charge in [-0.3, -0.25) is 9.78 Å². The molecule has 25 heavy (non-hydrogen) atoms. The fourth-order valence-corrected chi connectivity index (χ4v) is 2.20. The first-order valence-corrected chi connectivity index (χ1v) is 8.08. The number of anilines is 1. The number of urea groups is 1. The van der Waals surface area contributed by atoms with Crippen LogP contribution >= 0.6 is 0 Å². The molecule has 2 aromatic rings. The maximum absolute atomic E-state index is 12.3. The summed E-state index contributed by atoms with van der Waals surface area (Å²) in [5, 5.41) is 5.71. The lowest BCUT2D eigenvalue weighted by Crippen LogP contribution is -2.40. The molecule has 0 atom stereocenters. The Balaban J connectivity index is 2.01. The number of hydrogen-bond acceptors (Lipinski definition) is 3. The molecule has 132 valence electrons. The molecule has 0 bridgehead atoms. The Morgan fingerprint density at radius 1 is 1.12 bits per heavy atom. The van der Waals surface area contributed by atoms with Crippen LogP contribution in [0.1, 0.15) is 36.7 Å². The third kappa shape index (κ3) is 5.91. The quantitative estimate of drug-likeness (QED) is 0.897. The van der Waals surface area contributed by atoms with E-state index >= 15 is 0 Å².